The van der Waals surface area contributed by atoms with E-state index in [-0.39, 0.29) is 12.3 Å². The number of esters is 1. The van der Waals surface area contributed by atoms with Gasteiger partial charge in [0.2, 0.25) is 0 Å². The summed E-state index contributed by atoms with van der Waals surface area (Å²) in [6.45, 7) is 1.54. The number of hydrogen-bond acceptors (Lipinski definition) is 5. The average Bonchev–Trinajstić information content (AvgIpc) is 3.04. The predicted octanol–water partition coefficient (Wildman–Crippen LogP) is 3.55. The lowest BCUT2D eigenvalue weighted by Crippen LogP contribution is -2.30. The van der Waals surface area contributed by atoms with E-state index >= 15 is 0 Å². The lowest BCUT2D eigenvalue weighted by molar-refractivity contribution is -0.152. The summed E-state index contributed by atoms with van der Waals surface area (Å²) in [5, 5.41) is 3.51. The molecule has 0 aliphatic rings. The number of hydrogen-bond donors (Lipinski definition) is 1. The highest BCUT2D eigenvalue weighted by molar-refractivity contribution is 5.95. The van der Waals surface area contributed by atoms with Crippen molar-refractivity contribution >= 4 is 28.5 Å². The minimum absolute atomic E-state index is 0.0162. The summed E-state index contributed by atoms with van der Waals surface area (Å²) in [7, 11) is 1.57. The van der Waals surface area contributed by atoms with Crippen molar-refractivity contribution in [3.63, 3.8) is 0 Å². The van der Waals surface area contributed by atoms with E-state index in [0.29, 0.717) is 22.6 Å². The fourth-order valence-corrected chi connectivity index (χ4v) is 2.54. The molecule has 0 aliphatic heterocycles. The molecule has 1 heterocycles. The molecule has 3 aromatic rings. The molecule has 1 N–H and O–H groups in total. The van der Waals surface area contributed by atoms with Gasteiger partial charge in [0.15, 0.2) is 6.10 Å². The van der Waals surface area contributed by atoms with Gasteiger partial charge < -0.3 is 19.2 Å². The fourth-order valence-electron chi connectivity index (χ4n) is 2.54. The normalized spacial score (nSPS) is 11.8. The number of carbonyl (C=O) groups is 2. The summed E-state index contributed by atoms with van der Waals surface area (Å²) >= 11 is 0. The van der Waals surface area contributed by atoms with Crippen molar-refractivity contribution in [1.29, 1.82) is 0 Å². The maximum Gasteiger partial charge on any atom is 0.311 e. The molecule has 2 aromatic carbocycles. The van der Waals surface area contributed by atoms with Gasteiger partial charge in [-0.15, -0.1) is 0 Å². The van der Waals surface area contributed by atoms with Crippen molar-refractivity contribution in [2.75, 3.05) is 12.4 Å². The van der Waals surface area contributed by atoms with Gasteiger partial charge in [0.1, 0.15) is 11.3 Å². The fraction of sp³-hybridized carbons (Fsp3) is 0.200. The van der Waals surface area contributed by atoms with Crippen LogP contribution in [0, 0.1) is 0 Å². The van der Waals surface area contributed by atoms with Crippen LogP contribution in [-0.4, -0.2) is 25.1 Å². The Labute approximate surface area is 150 Å². The Kier molecular flexibility index (Phi) is 5.22. The van der Waals surface area contributed by atoms with Crippen molar-refractivity contribution in [2.45, 2.75) is 19.4 Å². The van der Waals surface area contributed by atoms with E-state index < -0.39 is 12.1 Å². The van der Waals surface area contributed by atoms with Crippen LogP contribution in [-0.2, 0) is 20.7 Å². The van der Waals surface area contributed by atoms with Gasteiger partial charge in [0.05, 0.1) is 19.8 Å². The van der Waals surface area contributed by atoms with Gasteiger partial charge in [0.25, 0.3) is 5.91 Å². The third-order valence-electron chi connectivity index (χ3n) is 3.92. The van der Waals surface area contributed by atoms with Crippen molar-refractivity contribution < 1.29 is 23.5 Å². The summed E-state index contributed by atoms with van der Waals surface area (Å²) in [5.74, 6) is -0.210. The van der Waals surface area contributed by atoms with Crippen LogP contribution < -0.4 is 10.1 Å². The quantitative estimate of drug-likeness (QED) is 0.686. The molecular weight excluding hydrogens is 334 g/mol. The SMILES string of the molecule is COc1ccc2c(CC(=O)O[C@@H](C)C(=O)Nc3ccccc3)coc2c1. The molecule has 1 aromatic heterocycles. The first-order valence-electron chi connectivity index (χ1n) is 8.16. The average molecular weight is 353 g/mol. The van der Waals surface area contributed by atoms with E-state index in [0.717, 1.165) is 5.39 Å². The molecule has 1 amide bonds. The highest BCUT2D eigenvalue weighted by Gasteiger charge is 2.19. The largest absolute Gasteiger partial charge is 0.497 e. The number of rotatable bonds is 6. The molecule has 1 atom stereocenters. The molecule has 0 saturated carbocycles. The molecule has 0 unspecified atom stereocenters. The number of nitrogens with one attached hydrogen (secondary N) is 1. The molecule has 0 saturated heterocycles. The number of fused-ring (bicyclic) bond motifs is 1. The molecule has 6 nitrogen and oxygen atoms in total. The number of furan rings is 1. The minimum Gasteiger partial charge on any atom is -0.497 e. The summed E-state index contributed by atoms with van der Waals surface area (Å²) in [6.07, 6.45) is 0.628. The molecule has 0 spiro atoms. The number of methoxy groups -OCH3 is 1. The zero-order valence-electron chi connectivity index (χ0n) is 14.5. The zero-order valence-corrected chi connectivity index (χ0v) is 14.5. The van der Waals surface area contributed by atoms with E-state index in [9.17, 15) is 9.59 Å². The Bertz CT molecular complexity index is 916. The maximum absolute atomic E-state index is 12.2. The Morgan fingerprint density at radius 3 is 2.65 bits per heavy atom. The van der Waals surface area contributed by atoms with Crippen LogP contribution in [0.1, 0.15) is 12.5 Å². The van der Waals surface area contributed by atoms with Crippen LogP contribution in [0.2, 0.25) is 0 Å². The highest BCUT2D eigenvalue weighted by atomic mass is 16.5. The second kappa shape index (κ2) is 7.74. The monoisotopic (exact) mass is 353 g/mol. The number of amides is 1. The molecule has 26 heavy (non-hydrogen) atoms. The maximum atomic E-state index is 12.2. The first-order chi connectivity index (χ1) is 12.6. The first kappa shape index (κ1) is 17.5. The van der Waals surface area contributed by atoms with Gasteiger partial charge in [0, 0.05) is 22.7 Å². The third kappa shape index (κ3) is 4.03. The second-order valence-electron chi connectivity index (χ2n) is 5.79. The van der Waals surface area contributed by atoms with E-state index in [1.165, 1.54) is 13.2 Å². The van der Waals surface area contributed by atoms with Crippen LogP contribution in [0.5, 0.6) is 5.75 Å². The molecule has 6 heteroatoms. The van der Waals surface area contributed by atoms with Gasteiger partial charge in [-0.05, 0) is 31.2 Å². The van der Waals surface area contributed by atoms with Crippen molar-refractivity contribution in [2.24, 2.45) is 0 Å². The molecule has 0 fully saturated rings. The highest BCUT2D eigenvalue weighted by Crippen LogP contribution is 2.26. The van der Waals surface area contributed by atoms with Crippen LogP contribution in [0.3, 0.4) is 0 Å². The molecule has 0 radical (unpaired) electrons. The zero-order chi connectivity index (χ0) is 18.5. The topological polar surface area (TPSA) is 77.8 Å². The number of anilines is 1. The molecule has 0 bridgehead atoms. The smallest absolute Gasteiger partial charge is 0.311 e. The van der Waals surface area contributed by atoms with Crippen LogP contribution in [0.25, 0.3) is 11.0 Å². The predicted molar refractivity (Wildman–Crippen MR) is 97.1 cm³/mol. The molecule has 134 valence electrons. The van der Waals surface area contributed by atoms with E-state index in [1.54, 1.807) is 31.4 Å². The molecular formula is C20H19NO5. The summed E-state index contributed by atoms with van der Waals surface area (Å²) in [6, 6.07) is 14.4. The van der Waals surface area contributed by atoms with E-state index in [4.69, 9.17) is 13.9 Å². The first-order valence-corrected chi connectivity index (χ1v) is 8.16. The standard InChI is InChI=1S/C20H19NO5/c1-13(20(23)21-15-6-4-3-5-7-15)26-19(22)10-14-12-25-18-11-16(24-2)8-9-17(14)18/h3-9,11-13H,10H2,1-2H3,(H,21,23)/t13-/m0/s1. The number of carbonyl (C=O) groups excluding carboxylic acids is 2. The van der Waals surface area contributed by atoms with Gasteiger partial charge in [-0.1, -0.05) is 18.2 Å². The van der Waals surface area contributed by atoms with E-state index in [2.05, 4.69) is 5.32 Å². The number of para-hydroxylation sites is 1. The Morgan fingerprint density at radius 2 is 1.92 bits per heavy atom. The Balaban J connectivity index is 1.60. The summed E-state index contributed by atoms with van der Waals surface area (Å²) in [5.41, 5.74) is 1.97. The van der Waals surface area contributed by atoms with Gasteiger partial charge in [-0.2, -0.15) is 0 Å². The van der Waals surface area contributed by atoms with Crippen molar-refractivity contribution in [1.82, 2.24) is 0 Å². The lowest BCUT2D eigenvalue weighted by Gasteiger charge is -2.13. The summed E-state index contributed by atoms with van der Waals surface area (Å²) in [4.78, 5) is 24.3. The van der Waals surface area contributed by atoms with Crippen LogP contribution in [0.15, 0.2) is 59.2 Å². The summed E-state index contributed by atoms with van der Waals surface area (Å²) < 4.78 is 15.8. The van der Waals surface area contributed by atoms with E-state index in [1.807, 2.05) is 24.3 Å². The van der Waals surface area contributed by atoms with Gasteiger partial charge in [-0.3, -0.25) is 9.59 Å². The van der Waals surface area contributed by atoms with Crippen LogP contribution >= 0.6 is 0 Å². The van der Waals surface area contributed by atoms with Gasteiger partial charge >= 0.3 is 5.97 Å². The van der Waals surface area contributed by atoms with Crippen molar-refractivity contribution in [3.8, 4) is 5.75 Å². The third-order valence-corrected chi connectivity index (χ3v) is 3.92. The Morgan fingerprint density at radius 1 is 1.15 bits per heavy atom. The molecule has 0 aliphatic carbocycles. The van der Waals surface area contributed by atoms with Crippen molar-refractivity contribution in [3.05, 3.63) is 60.4 Å². The molecule has 3 rings (SSSR count). The minimum atomic E-state index is -0.902. The number of ether oxygens (including phenoxy) is 2. The van der Waals surface area contributed by atoms with Crippen LogP contribution in [0.4, 0.5) is 5.69 Å². The Hall–Kier alpha value is -3.28. The second-order valence-corrected chi connectivity index (χ2v) is 5.79. The van der Waals surface area contributed by atoms with Gasteiger partial charge in [-0.25, -0.2) is 0 Å². The number of benzene rings is 2. The lowest BCUT2D eigenvalue weighted by atomic mass is 10.1.